The Morgan fingerprint density at radius 1 is 1.10 bits per heavy atom. The summed E-state index contributed by atoms with van der Waals surface area (Å²) in [6, 6.07) is 19.2. The molecule has 1 fully saturated rings. The molecule has 0 bridgehead atoms. The van der Waals surface area contributed by atoms with Crippen LogP contribution >= 0.6 is 35.6 Å². The van der Waals surface area contributed by atoms with Crippen LogP contribution in [0.2, 0.25) is 5.02 Å². The van der Waals surface area contributed by atoms with Gasteiger partial charge in [0.25, 0.3) is 5.91 Å². The van der Waals surface area contributed by atoms with Gasteiger partial charge in [-0.25, -0.2) is 4.79 Å². The van der Waals surface area contributed by atoms with Gasteiger partial charge in [-0.3, -0.25) is 14.5 Å². The summed E-state index contributed by atoms with van der Waals surface area (Å²) in [4.78, 5) is 40.5. The minimum Gasteiger partial charge on any atom is -0.458 e. The van der Waals surface area contributed by atoms with Crippen molar-refractivity contribution in [2.45, 2.75) is 38.8 Å². The molecule has 2 aromatic carbocycles. The first-order valence-corrected chi connectivity index (χ1v) is 13.8. The summed E-state index contributed by atoms with van der Waals surface area (Å²) in [5, 5.41) is 3.27. The Morgan fingerprint density at radius 3 is 2.49 bits per heavy atom. The Labute approximate surface area is 241 Å². The highest BCUT2D eigenvalue weighted by Gasteiger charge is 2.35. The van der Waals surface area contributed by atoms with Crippen molar-refractivity contribution in [3.8, 4) is 11.3 Å². The molecule has 0 aliphatic carbocycles. The first-order valence-electron chi connectivity index (χ1n) is 12.2. The zero-order valence-electron chi connectivity index (χ0n) is 21.6. The predicted octanol–water partition coefficient (Wildman–Crippen LogP) is 5.87. The Hall–Kier alpha value is -3.40. The zero-order valence-corrected chi connectivity index (χ0v) is 24.0. The highest BCUT2D eigenvalue weighted by atomic mass is 35.5. The van der Waals surface area contributed by atoms with Gasteiger partial charge >= 0.3 is 5.97 Å². The SMILES string of the molecule is CC(C)(C)OC(=O)[C@H](Cc1ccccc1)NC(=O)CN1C(=O)/C(=C\c2ccc(-c3ccccc3Cl)o2)SC1=S. The van der Waals surface area contributed by atoms with E-state index in [1.165, 1.54) is 4.90 Å². The number of esters is 1. The first kappa shape index (κ1) is 28.6. The van der Waals surface area contributed by atoms with E-state index in [-0.39, 0.29) is 17.3 Å². The Kier molecular flexibility index (Phi) is 8.94. The van der Waals surface area contributed by atoms with Crippen LogP contribution in [0.1, 0.15) is 32.1 Å². The molecule has 1 aromatic heterocycles. The van der Waals surface area contributed by atoms with E-state index in [1.54, 1.807) is 45.0 Å². The number of hydrogen-bond donors (Lipinski definition) is 1. The van der Waals surface area contributed by atoms with E-state index < -0.39 is 29.4 Å². The molecule has 7 nitrogen and oxygen atoms in total. The Balaban J connectivity index is 1.44. The van der Waals surface area contributed by atoms with Crippen molar-refractivity contribution in [2.75, 3.05) is 6.54 Å². The van der Waals surface area contributed by atoms with Gasteiger partial charge in [0.15, 0.2) is 0 Å². The summed E-state index contributed by atoms with van der Waals surface area (Å²) >= 11 is 12.7. The Bertz CT molecular complexity index is 1430. The minimum atomic E-state index is -0.931. The summed E-state index contributed by atoms with van der Waals surface area (Å²) < 4.78 is 11.6. The number of thioether (sulfide) groups is 1. The van der Waals surface area contributed by atoms with E-state index in [0.717, 1.165) is 22.9 Å². The molecule has 1 aliphatic rings. The van der Waals surface area contributed by atoms with Crippen molar-refractivity contribution in [3.05, 3.63) is 88.0 Å². The number of carbonyl (C=O) groups excluding carboxylic acids is 3. The molecule has 1 atom stereocenters. The third kappa shape index (κ3) is 7.59. The maximum atomic E-state index is 13.1. The number of benzene rings is 2. The van der Waals surface area contributed by atoms with Crippen LogP contribution in [0.5, 0.6) is 0 Å². The summed E-state index contributed by atoms with van der Waals surface area (Å²) in [6.45, 7) is 4.94. The summed E-state index contributed by atoms with van der Waals surface area (Å²) in [7, 11) is 0. The minimum absolute atomic E-state index is 0.233. The van der Waals surface area contributed by atoms with Crippen molar-refractivity contribution >= 4 is 63.8 Å². The normalized spacial score (nSPS) is 15.5. The number of rotatable bonds is 8. The summed E-state index contributed by atoms with van der Waals surface area (Å²) in [6.07, 6.45) is 1.82. The number of carbonyl (C=O) groups is 3. The monoisotopic (exact) mass is 582 g/mol. The lowest BCUT2D eigenvalue weighted by atomic mass is 10.1. The van der Waals surface area contributed by atoms with Gasteiger partial charge in [-0.15, -0.1) is 0 Å². The highest BCUT2D eigenvalue weighted by Crippen LogP contribution is 2.34. The second-order valence-electron chi connectivity index (χ2n) is 9.79. The molecule has 1 N–H and O–H groups in total. The van der Waals surface area contributed by atoms with Crippen molar-refractivity contribution in [3.63, 3.8) is 0 Å². The first-order chi connectivity index (χ1) is 18.5. The molecule has 2 heterocycles. The maximum Gasteiger partial charge on any atom is 0.329 e. The van der Waals surface area contributed by atoms with E-state index in [1.807, 2.05) is 48.5 Å². The summed E-state index contributed by atoms with van der Waals surface area (Å²) in [5.41, 5.74) is 0.867. The Morgan fingerprint density at radius 2 is 1.79 bits per heavy atom. The fourth-order valence-electron chi connectivity index (χ4n) is 3.80. The molecule has 202 valence electrons. The third-order valence-corrected chi connectivity index (χ3v) is 7.23. The highest BCUT2D eigenvalue weighted by molar-refractivity contribution is 8.26. The van der Waals surface area contributed by atoms with Crippen LogP contribution in [-0.2, 0) is 25.5 Å². The molecule has 39 heavy (non-hydrogen) atoms. The van der Waals surface area contributed by atoms with Gasteiger partial charge in [0, 0.05) is 18.1 Å². The number of ether oxygens (including phenoxy) is 1. The van der Waals surface area contributed by atoms with Crippen molar-refractivity contribution in [1.29, 1.82) is 0 Å². The topological polar surface area (TPSA) is 88.9 Å². The van der Waals surface area contributed by atoms with Crippen LogP contribution < -0.4 is 5.32 Å². The van der Waals surface area contributed by atoms with Gasteiger partial charge in [-0.2, -0.15) is 0 Å². The van der Waals surface area contributed by atoms with Gasteiger partial charge in [0.1, 0.15) is 34.0 Å². The average molecular weight is 583 g/mol. The third-order valence-electron chi connectivity index (χ3n) is 5.52. The van der Waals surface area contributed by atoms with Gasteiger partial charge in [-0.05, 0) is 50.6 Å². The molecule has 0 saturated carbocycles. The van der Waals surface area contributed by atoms with E-state index in [0.29, 0.717) is 21.4 Å². The summed E-state index contributed by atoms with van der Waals surface area (Å²) in [5.74, 6) is -0.501. The molecule has 1 saturated heterocycles. The van der Waals surface area contributed by atoms with Crippen LogP contribution in [0.15, 0.2) is 76.1 Å². The fraction of sp³-hybridized carbons (Fsp3) is 0.241. The second-order valence-corrected chi connectivity index (χ2v) is 11.9. The van der Waals surface area contributed by atoms with E-state index in [4.69, 9.17) is 33.0 Å². The number of halogens is 1. The van der Waals surface area contributed by atoms with Crippen molar-refractivity contribution < 1.29 is 23.5 Å². The fourth-order valence-corrected chi connectivity index (χ4v) is 5.27. The van der Waals surface area contributed by atoms with E-state index in [9.17, 15) is 14.4 Å². The molecule has 0 unspecified atom stereocenters. The molecule has 1 aliphatic heterocycles. The second kappa shape index (κ2) is 12.2. The lowest BCUT2D eigenvalue weighted by molar-refractivity contribution is -0.158. The molecule has 0 spiro atoms. The average Bonchev–Trinajstić information content (AvgIpc) is 3.43. The van der Waals surface area contributed by atoms with Crippen LogP contribution in [-0.4, -0.2) is 45.2 Å². The number of furan rings is 1. The molecule has 3 aromatic rings. The molecular formula is C29H27ClN2O5S2. The predicted molar refractivity (Wildman–Crippen MR) is 157 cm³/mol. The van der Waals surface area contributed by atoms with Gasteiger partial charge < -0.3 is 14.5 Å². The van der Waals surface area contributed by atoms with Gasteiger partial charge in [0.2, 0.25) is 5.91 Å². The lowest BCUT2D eigenvalue weighted by Gasteiger charge is -2.25. The maximum absolute atomic E-state index is 13.1. The largest absolute Gasteiger partial charge is 0.458 e. The standard InChI is InChI=1S/C29H27ClN2O5S2/c1-29(2,3)37-27(35)22(15-18-9-5-4-6-10-18)31-25(33)17-32-26(34)24(39-28(32)38)16-19-13-14-23(36-19)20-11-7-8-12-21(20)30/h4-14,16,22H,15,17H2,1-3H3,(H,31,33)/b24-16+/t22-/m0/s1. The number of nitrogens with zero attached hydrogens (tertiary/aromatic N) is 1. The molecule has 2 amide bonds. The van der Waals surface area contributed by atoms with Crippen LogP contribution in [0.3, 0.4) is 0 Å². The zero-order chi connectivity index (χ0) is 28.2. The lowest BCUT2D eigenvalue weighted by Crippen LogP contribution is -2.49. The number of amides is 2. The van der Waals surface area contributed by atoms with E-state index in [2.05, 4.69) is 5.32 Å². The van der Waals surface area contributed by atoms with Crippen molar-refractivity contribution in [1.82, 2.24) is 10.2 Å². The number of hydrogen-bond acceptors (Lipinski definition) is 7. The number of nitrogens with one attached hydrogen (secondary N) is 1. The molecule has 10 heteroatoms. The molecule has 0 radical (unpaired) electrons. The van der Waals surface area contributed by atoms with Crippen molar-refractivity contribution in [2.24, 2.45) is 0 Å². The van der Waals surface area contributed by atoms with Crippen LogP contribution in [0.4, 0.5) is 0 Å². The van der Waals surface area contributed by atoms with Gasteiger partial charge in [-0.1, -0.05) is 78.0 Å². The van der Waals surface area contributed by atoms with Gasteiger partial charge in [0.05, 0.1) is 9.93 Å². The molecule has 4 rings (SSSR count). The quantitative estimate of drug-likeness (QED) is 0.202. The van der Waals surface area contributed by atoms with E-state index >= 15 is 0 Å². The van der Waals surface area contributed by atoms with Crippen LogP contribution in [0.25, 0.3) is 17.4 Å². The molecular weight excluding hydrogens is 556 g/mol. The van der Waals surface area contributed by atoms with Crippen LogP contribution in [0, 0.1) is 0 Å². The smallest absolute Gasteiger partial charge is 0.329 e. The number of thiocarbonyl (C=S) groups is 1.